The number of aliphatic hydroxyl groups excluding tert-OH is 2. The number of amides is 4. The maximum Gasteiger partial charge on any atom is 0.326 e. The first-order valence-electron chi connectivity index (χ1n) is 9.46. The highest BCUT2D eigenvalue weighted by Crippen LogP contribution is 2.20. The third kappa shape index (κ3) is 6.93. The fourth-order valence-electron chi connectivity index (χ4n) is 3.03. The number of likely N-dealkylation sites (tertiary alicyclic amines) is 1. The standard InChI is InChI=1S/C17H29N5O8/c1-8(24)13(21-14(26)9(18)7-23)16(28)22-6-2-3-11(22)15(27)20-10(17(29)30)4-5-12(19)25/h8-11,13,23-24H,2-7,18H2,1H3,(H2,19,25)(H,20,27)(H,21,26)(H,29,30). The lowest BCUT2D eigenvalue weighted by Gasteiger charge is -2.31. The fourth-order valence-corrected chi connectivity index (χ4v) is 3.03. The van der Waals surface area contributed by atoms with Crippen molar-refractivity contribution in [2.75, 3.05) is 13.2 Å². The Balaban J connectivity index is 2.90. The minimum Gasteiger partial charge on any atom is -0.480 e. The summed E-state index contributed by atoms with van der Waals surface area (Å²) in [5, 5.41) is 32.7. The number of carboxylic acids is 1. The summed E-state index contributed by atoms with van der Waals surface area (Å²) in [6, 6.07) is -5.08. The van der Waals surface area contributed by atoms with Gasteiger partial charge < -0.3 is 42.3 Å². The van der Waals surface area contributed by atoms with Gasteiger partial charge in [-0.15, -0.1) is 0 Å². The van der Waals surface area contributed by atoms with Crippen molar-refractivity contribution in [2.45, 2.75) is 62.9 Å². The number of aliphatic hydroxyl groups is 2. The molecule has 0 radical (unpaired) electrons. The molecule has 1 saturated heterocycles. The van der Waals surface area contributed by atoms with E-state index in [0.717, 1.165) is 4.90 Å². The number of aliphatic carboxylic acids is 1. The monoisotopic (exact) mass is 431 g/mol. The van der Waals surface area contributed by atoms with E-state index in [4.69, 9.17) is 16.6 Å². The smallest absolute Gasteiger partial charge is 0.326 e. The first-order valence-corrected chi connectivity index (χ1v) is 9.46. The Hall–Kier alpha value is -2.77. The van der Waals surface area contributed by atoms with Gasteiger partial charge in [-0.2, -0.15) is 0 Å². The van der Waals surface area contributed by atoms with Crippen LogP contribution in [0, 0.1) is 0 Å². The van der Waals surface area contributed by atoms with Gasteiger partial charge in [-0.25, -0.2) is 4.79 Å². The number of carbonyl (C=O) groups is 5. The second kappa shape index (κ2) is 11.4. The SMILES string of the molecule is CC(O)C(NC(=O)C(N)CO)C(=O)N1CCCC1C(=O)NC(CCC(N)=O)C(=O)O. The number of carbonyl (C=O) groups excluding carboxylic acids is 4. The predicted octanol–water partition coefficient (Wildman–Crippen LogP) is -4.00. The summed E-state index contributed by atoms with van der Waals surface area (Å²) in [5.74, 6) is -4.41. The molecule has 4 amide bonds. The molecule has 13 nitrogen and oxygen atoms in total. The van der Waals surface area contributed by atoms with Gasteiger partial charge in [-0.3, -0.25) is 19.2 Å². The van der Waals surface area contributed by atoms with E-state index in [1.165, 1.54) is 6.92 Å². The van der Waals surface area contributed by atoms with Gasteiger partial charge >= 0.3 is 5.97 Å². The van der Waals surface area contributed by atoms with Crippen LogP contribution in [0.25, 0.3) is 0 Å². The number of nitrogens with one attached hydrogen (secondary N) is 2. The molecule has 1 rings (SSSR count). The first kappa shape index (κ1) is 25.3. The van der Waals surface area contributed by atoms with Crippen LogP contribution in [0.15, 0.2) is 0 Å². The molecule has 170 valence electrons. The molecule has 0 aromatic heterocycles. The van der Waals surface area contributed by atoms with Crippen LogP contribution in [-0.4, -0.2) is 93.2 Å². The maximum atomic E-state index is 12.9. The average Bonchev–Trinajstić information content (AvgIpc) is 3.17. The molecule has 0 aromatic rings. The number of nitrogens with zero attached hydrogens (tertiary/aromatic N) is 1. The van der Waals surface area contributed by atoms with Gasteiger partial charge in [0.15, 0.2) is 0 Å². The van der Waals surface area contributed by atoms with E-state index in [1.54, 1.807) is 0 Å². The van der Waals surface area contributed by atoms with Crippen LogP contribution >= 0.6 is 0 Å². The minimum absolute atomic E-state index is 0.154. The average molecular weight is 431 g/mol. The number of carboxylic acid groups (broad SMARTS) is 1. The van der Waals surface area contributed by atoms with Crippen molar-refractivity contribution in [1.29, 1.82) is 0 Å². The molecular weight excluding hydrogens is 402 g/mol. The molecule has 1 aliphatic heterocycles. The molecule has 9 N–H and O–H groups in total. The predicted molar refractivity (Wildman–Crippen MR) is 101 cm³/mol. The molecule has 5 atom stereocenters. The Morgan fingerprint density at radius 2 is 1.83 bits per heavy atom. The Kier molecular flexibility index (Phi) is 9.62. The quantitative estimate of drug-likeness (QED) is 0.169. The molecule has 1 fully saturated rings. The summed E-state index contributed by atoms with van der Waals surface area (Å²) < 4.78 is 0. The summed E-state index contributed by atoms with van der Waals surface area (Å²) in [7, 11) is 0. The molecule has 13 heteroatoms. The second-order valence-electron chi connectivity index (χ2n) is 7.11. The van der Waals surface area contributed by atoms with Gasteiger partial charge in [-0.05, 0) is 26.2 Å². The van der Waals surface area contributed by atoms with Crippen LogP contribution in [0.5, 0.6) is 0 Å². The Bertz CT molecular complexity index is 671. The van der Waals surface area contributed by atoms with Gasteiger partial charge in [0.2, 0.25) is 23.6 Å². The number of primary amides is 1. The van der Waals surface area contributed by atoms with Crippen LogP contribution in [0.1, 0.15) is 32.6 Å². The molecule has 0 spiro atoms. The van der Waals surface area contributed by atoms with Crippen molar-refractivity contribution in [3.05, 3.63) is 0 Å². The van der Waals surface area contributed by atoms with Crippen molar-refractivity contribution >= 4 is 29.6 Å². The third-order valence-corrected chi connectivity index (χ3v) is 4.71. The first-order chi connectivity index (χ1) is 14.0. The third-order valence-electron chi connectivity index (χ3n) is 4.71. The van der Waals surface area contributed by atoms with E-state index < -0.39 is 66.5 Å². The van der Waals surface area contributed by atoms with Crippen molar-refractivity contribution in [2.24, 2.45) is 11.5 Å². The van der Waals surface area contributed by atoms with Gasteiger partial charge in [0, 0.05) is 13.0 Å². The second-order valence-corrected chi connectivity index (χ2v) is 7.11. The van der Waals surface area contributed by atoms with Crippen molar-refractivity contribution < 1.29 is 39.3 Å². The molecule has 5 unspecified atom stereocenters. The molecule has 0 aromatic carbocycles. The molecule has 0 bridgehead atoms. The molecule has 0 aliphatic carbocycles. The number of hydrogen-bond donors (Lipinski definition) is 7. The van der Waals surface area contributed by atoms with Crippen molar-refractivity contribution in [3.63, 3.8) is 0 Å². The number of nitrogens with two attached hydrogens (primary N) is 2. The summed E-state index contributed by atoms with van der Waals surface area (Å²) >= 11 is 0. The number of rotatable bonds is 11. The maximum absolute atomic E-state index is 12.9. The Labute approximate surface area is 172 Å². The lowest BCUT2D eigenvalue weighted by atomic mass is 10.1. The van der Waals surface area contributed by atoms with Gasteiger partial charge in [-0.1, -0.05) is 0 Å². The minimum atomic E-state index is -1.41. The fraction of sp³-hybridized carbons (Fsp3) is 0.706. The topological polar surface area (TPSA) is 225 Å². The van der Waals surface area contributed by atoms with Crippen LogP contribution in [0.3, 0.4) is 0 Å². The Morgan fingerprint density at radius 1 is 1.20 bits per heavy atom. The molecule has 1 aliphatic rings. The van der Waals surface area contributed by atoms with E-state index in [-0.39, 0.29) is 25.8 Å². The van der Waals surface area contributed by atoms with Crippen LogP contribution < -0.4 is 22.1 Å². The molecule has 1 heterocycles. The summed E-state index contributed by atoms with van der Waals surface area (Å²) in [6.45, 7) is 0.757. The van der Waals surface area contributed by atoms with Crippen molar-refractivity contribution in [3.8, 4) is 0 Å². The van der Waals surface area contributed by atoms with Gasteiger partial charge in [0.05, 0.1) is 12.7 Å². The zero-order chi connectivity index (χ0) is 23.0. The van der Waals surface area contributed by atoms with Crippen LogP contribution in [0.4, 0.5) is 0 Å². The van der Waals surface area contributed by atoms with E-state index in [1.807, 2.05) is 0 Å². The van der Waals surface area contributed by atoms with E-state index in [0.29, 0.717) is 6.42 Å². The van der Waals surface area contributed by atoms with Crippen LogP contribution in [-0.2, 0) is 24.0 Å². The van der Waals surface area contributed by atoms with Crippen LogP contribution in [0.2, 0.25) is 0 Å². The zero-order valence-corrected chi connectivity index (χ0v) is 16.6. The lowest BCUT2D eigenvalue weighted by molar-refractivity contribution is -0.146. The van der Waals surface area contributed by atoms with E-state index >= 15 is 0 Å². The lowest BCUT2D eigenvalue weighted by Crippen LogP contribution is -2.59. The highest BCUT2D eigenvalue weighted by Gasteiger charge is 2.40. The zero-order valence-electron chi connectivity index (χ0n) is 16.6. The summed E-state index contributed by atoms with van der Waals surface area (Å²) in [4.78, 5) is 60.7. The highest BCUT2D eigenvalue weighted by molar-refractivity contribution is 5.94. The molecule has 0 saturated carbocycles. The van der Waals surface area contributed by atoms with E-state index in [9.17, 15) is 34.2 Å². The Morgan fingerprint density at radius 3 is 2.33 bits per heavy atom. The van der Waals surface area contributed by atoms with Gasteiger partial charge in [0.1, 0.15) is 24.2 Å². The van der Waals surface area contributed by atoms with Crippen molar-refractivity contribution in [1.82, 2.24) is 15.5 Å². The number of hydrogen-bond acceptors (Lipinski definition) is 8. The molecule has 30 heavy (non-hydrogen) atoms. The summed E-state index contributed by atoms with van der Waals surface area (Å²) in [6.07, 6.45) is -1.08. The summed E-state index contributed by atoms with van der Waals surface area (Å²) in [5.41, 5.74) is 10.4. The largest absolute Gasteiger partial charge is 0.480 e. The highest BCUT2D eigenvalue weighted by atomic mass is 16.4. The normalized spacial score (nSPS) is 20.0. The van der Waals surface area contributed by atoms with Gasteiger partial charge in [0.25, 0.3) is 0 Å². The molecular formula is C17H29N5O8. The van der Waals surface area contributed by atoms with E-state index in [2.05, 4.69) is 10.6 Å².